The summed E-state index contributed by atoms with van der Waals surface area (Å²) in [6.45, 7) is 0. The summed E-state index contributed by atoms with van der Waals surface area (Å²) in [4.78, 5) is 3.78. The lowest BCUT2D eigenvalue weighted by molar-refractivity contribution is -0.137. The lowest BCUT2D eigenvalue weighted by Gasteiger charge is -2.09. The first-order valence-electron chi connectivity index (χ1n) is 6.55. The number of aromatic nitrogens is 4. The molecule has 0 spiro atoms. The van der Waals surface area contributed by atoms with Gasteiger partial charge in [0, 0.05) is 17.3 Å². The fraction of sp³-hybridized carbons (Fsp3) is 0.0667. The Labute approximate surface area is 132 Å². The highest BCUT2D eigenvalue weighted by atomic mass is 19.4. The van der Waals surface area contributed by atoms with Gasteiger partial charge in [-0.1, -0.05) is 11.3 Å². The molecule has 0 fully saturated rings. The Hall–Kier alpha value is -3.28. The molecule has 0 aliphatic carbocycles. The summed E-state index contributed by atoms with van der Waals surface area (Å²) >= 11 is 0. The Morgan fingerprint density at radius 3 is 2.58 bits per heavy atom. The van der Waals surface area contributed by atoms with Crippen LogP contribution in [0.4, 0.5) is 17.6 Å². The van der Waals surface area contributed by atoms with Crippen LogP contribution in [0.5, 0.6) is 0 Å². The second kappa shape index (κ2) is 5.73. The van der Waals surface area contributed by atoms with E-state index in [4.69, 9.17) is 5.26 Å². The molecule has 9 heteroatoms. The van der Waals surface area contributed by atoms with Crippen LogP contribution in [0.25, 0.3) is 22.5 Å². The molecule has 5 nitrogen and oxygen atoms in total. The lowest BCUT2D eigenvalue weighted by Crippen LogP contribution is -2.05. The van der Waals surface area contributed by atoms with Crippen molar-refractivity contribution in [3.8, 4) is 28.6 Å². The zero-order valence-corrected chi connectivity index (χ0v) is 11.8. The van der Waals surface area contributed by atoms with Crippen molar-refractivity contribution in [3.63, 3.8) is 0 Å². The van der Waals surface area contributed by atoms with E-state index in [2.05, 4.69) is 20.4 Å². The molecule has 120 valence electrons. The van der Waals surface area contributed by atoms with Gasteiger partial charge >= 0.3 is 6.18 Å². The highest BCUT2D eigenvalue weighted by Crippen LogP contribution is 2.32. The van der Waals surface area contributed by atoms with Crippen molar-refractivity contribution < 1.29 is 17.6 Å². The van der Waals surface area contributed by atoms with Crippen LogP contribution in [-0.4, -0.2) is 20.4 Å². The van der Waals surface area contributed by atoms with Crippen LogP contribution in [0.15, 0.2) is 36.5 Å². The molecular weight excluding hydrogens is 326 g/mol. The van der Waals surface area contributed by atoms with Crippen molar-refractivity contribution in [2.45, 2.75) is 6.18 Å². The average molecular weight is 333 g/mol. The number of halogens is 4. The van der Waals surface area contributed by atoms with E-state index in [9.17, 15) is 17.6 Å². The SMILES string of the molecule is N#Cc1[nH]nnc1-c1ccc(-c2cc(C(F)(F)F)ccn2)c(F)c1. The molecule has 24 heavy (non-hydrogen) atoms. The number of rotatable bonds is 2. The third-order valence-electron chi connectivity index (χ3n) is 3.27. The first kappa shape index (κ1) is 15.6. The number of nitrogens with one attached hydrogen (secondary N) is 1. The Morgan fingerprint density at radius 2 is 1.92 bits per heavy atom. The Morgan fingerprint density at radius 1 is 1.12 bits per heavy atom. The highest BCUT2D eigenvalue weighted by molar-refractivity contribution is 5.69. The van der Waals surface area contributed by atoms with Gasteiger partial charge in [-0.15, -0.1) is 5.10 Å². The summed E-state index contributed by atoms with van der Waals surface area (Å²) in [5, 5.41) is 18.4. The largest absolute Gasteiger partial charge is 0.416 e. The summed E-state index contributed by atoms with van der Waals surface area (Å²) < 4.78 is 52.6. The molecule has 0 unspecified atom stereocenters. The smallest absolute Gasteiger partial charge is 0.256 e. The monoisotopic (exact) mass is 333 g/mol. The molecule has 0 bridgehead atoms. The number of benzene rings is 1. The van der Waals surface area contributed by atoms with Crippen LogP contribution >= 0.6 is 0 Å². The van der Waals surface area contributed by atoms with Crippen molar-refractivity contribution in [1.29, 1.82) is 5.26 Å². The van der Waals surface area contributed by atoms with Gasteiger partial charge in [0.1, 0.15) is 17.6 Å². The number of H-pyrrole nitrogens is 1. The van der Waals surface area contributed by atoms with Gasteiger partial charge in [0.05, 0.1) is 11.3 Å². The van der Waals surface area contributed by atoms with E-state index in [0.717, 1.165) is 24.4 Å². The summed E-state index contributed by atoms with van der Waals surface area (Å²) in [5.74, 6) is -0.786. The molecule has 1 aromatic carbocycles. The predicted molar refractivity (Wildman–Crippen MR) is 74.7 cm³/mol. The molecule has 2 heterocycles. The van der Waals surface area contributed by atoms with Gasteiger partial charge in [-0.3, -0.25) is 4.98 Å². The molecule has 0 amide bonds. The number of pyridine rings is 1. The second-order valence-corrected chi connectivity index (χ2v) is 4.77. The van der Waals surface area contributed by atoms with E-state index in [-0.39, 0.29) is 28.2 Å². The maximum Gasteiger partial charge on any atom is 0.416 e. The van der Waals surface area contributed by atoms with Gasteiger partial charge in [0.15, 0.2) is 5.69 Å². The van der Waals surface area contributed by atoms with E-state index >= 15 is 0 Å². The van der Waals surface area contributed by atoms with Crippen LogP contribution in [-0.2, 0) is 6.18 Å². The summed E-state index contributed by atoms with van der Waals surface area (Å²) in [6, 6.07) is 7.18. The van der Waals surface area contributed by atoms with E-state index in [0.29, 0.717) is 0 Å². The molecule has 3 rings (SSSR count). The minimum atomic E-state index is -4.55. The van der Waals surface area contributed by atoms with Gasteiger partial charge in [-0.2, -0.15) is 18.4 Å². The standard InChI is InChI=1S/C15H7F4N5/c16-11-5-8(14-13(7-20)22-24-23-14)1-2-10(11)12-6-9(3-4-21-12)15(17,18)19/h1-6H,(H,22,23,24). The number of nitrogens with zero attached hydrogens (tertiary/aromatic N) is 4. The molecule has 1 N–H and O–H groups in total. The molecule has 2 aromatic heterocycles. The number of alkyl halides is 3. The van der Waals surface area contributed by atoms with Crippen molar-refractivity contribution in [2.75, 3.05) is 0 Å². The fourth-order valence-corrected chi connectivity index (χ4v) is 2.13. The quantitative estimate of drug-likeness (QED) is 0.727. The van der Waals surface area contributed by atoms with Crippen molar-refractivity contribution in [2.24, 2.45) is 0 Å². The molecule has 0 aliphatic rings. The van der Waals surface area contributed by atoms with E-state index in [1.165, 1.54) is 12.1 Å². The number of hydrogen-bond donors (Lipinski definition) is 1. The number of hydrogen-bond acceptors (Lipinski definition) is 4. The Kier molecular flexibility index (Phi) is 3.73. The molecule has 0 saturated carbocycles. The fourth-order valence-electron chi connectivity index (χ4n) is 2.13. The Balaban J connectivity index is 2.04. The zero-order chi connectivity index (χ0) is 17.3. The lowest BCUT2D eigenvalue weighted by atomic mass is 10.0. The third kappa shape index (κ3) is 2.81. The van der Waals surface area contributed by atoms with Crippen molar-refractivity contribution in [1.82, 2.24) is 20.4 Å². The molecule has 0 atom stereocenters. The molecular formula is C15H7F4N5. The zero-order valence-electron chi connectivity index (χ0n) is 11.8. The maximum absolute atomic E-state index is 14.3. The van der Waals surface area contributed by atoms with Crippen LogP contribution in [0.1, 0.15) is 11.3 Å². The molecule has 0 aliphatic heterocycles. The summed E-state index contributed by atoms with van der Waals surface area (Å²) in [6.07, 6.45) is -3.58. The van der Waals surface area contributed by atoms with E-state index < -0.39 is 17.6 Å². The molecule has 0 saturated heterocycles. The van der Waals surface area contributed by atoms with Crippen molar-refractivity contribution >= 4 is 0 Å². The van der Waals surface area contributed by atoms with E-state index in [1.807, 2.05) is 6.07 Å². The van der Waals surface area contributed by atoms with Gasteiger partial charge < -0.3 is 0 Å². The maximum atomic E-state index is 14.3. The average Bonchev–Trinajstić information content (AvgIpc) is 3.02. The predicted octanol–water partition coefficient (Wildman–Crippen LogP) is 3.56. The summed E-state index contributed by atoms with van der Waals surface area (Å²) in [5.41, 5.74) is -0.673. The third-order valence-corrected chi connectivity index (χ3v) is 3.27. The van der Waals surface area contributed by atoms with Crippen LogP contribution in [0.2, 0.25) is 0 Å². The minimum Gasteiger partial charge on any atom is -0.256 e. The molecule has 0 radical (unpaired) electrons. The highest BCUT2D eigenvalue weighted by Gasteiger charge is 2.31. The summed E-state index contributed by atoms with van der Waals surface area (Å²) in [7, 11) is 0. The van der Waals surface area contributed by atoms with Crippen LogP contribution < -0.4 is 0 Å². The van der Waals surface area contributed by atoms with Gasteiger partial charge in [0.25, 0.3) is 0 Å². The Bertz CT molecular complexity index is 940. The topological polar surface area (TPSA) is 78.2 Å². The van der Waals surface area contributed by atoms with Gasteiger partial charge in [-0.25, -0.2) is 9.49 Å². The normalized spacial score (nSPS) is 11.3. The van der Waals surface area contributed by atoms with Crippen molar-refractivity contribution in [3.05, 3.63) is 53.6 Å². The minimum absolute atomic E-state index is 0.0549. The van der Waals surface area contributed by atoms with Crippen LogP contribution in [0, 0.1) is 17.1 Å². The number of nitriles is 1. The second-order valence-electron chi connectivity index (χ2n) is 4.77. The molecule has 3 aromatic rings. The van der Waals surface area contributed by atoms with Gasteiger partial charge in [-0.05, 0) is 24.3 Å². The van der Waals surface area contributed by atoms with Gasteiger partial charge in [0.2, 0.25) is 0 Å². The number of aromatic amines is 1. The first-order chi connectivity index (χ1) is 11.4. The van der Waals surface area contributed by atoms with Crippen LogP contribution in [0.3, 0.4) is 0 Å². The first-order valence-corrected chi connectivity index (χ1v) is 6.55. The van der Waals surface area contributed by atoms with E-state index in [1.54, 1.807) is 0 Å².